The fraction of sp³-hybridized carbons (Fsp3) is 0.333. The Labute approximate surface area is 71.4 Å². The number of hydrogen-bond acceptors (Lipinski definition) is 3. The average Bonchev–Trinajstić information content (AvgIpc) is 2.03. The molecule has 1 aromatic heterocycles. The molecule has 0 aliphatic heterocycles. The summed E-state index contributed by atoms with van der Waals surface area (Å²) in [7, 11) is 1.56. The van der Waals surface area contributed by atoms with E-state index in [4.69, 9.17) is 4.74 Å². The van der Waals surface area contributed by atoms with Gasteiger partial charge in [0.25, 0.3) is 0 Å². The van der Waals surface area contributed by atoms with Crippen LogP contribution in [0, 0.1) is 0 Å². The number of rotatable bonds is 3. The molecule has 0 radical (unpaired) electrons. The molecule has 0 unspecified atom stereocenters. The molecule has 1 heterocycles. The monoisotopic (exact) mass is 165 g/mol. The molecule has 1 rings (SSSR count). The Morgan fingerprint density at radius 1 is 1.58 bits per heavy atom. The van der Waals surface area contributed by atoms with Gasteiger partial charge in [-0.25, -0.2) is 4.98 Å². The third-order valence-electron chi connectivity index (χ3n) is 1.42. The molecule has 0 aromatic carbocycles. The molecule has 1 aromatic rings. The van der Waals surface area contributed by atoms with Crippen molar-refractivity contribution in [1.82, 2.24) is 4.98 Å². The van der Waals surface area contributed by atoms with Crippen molar-refractivity contribution in [3.8, 4) is 5.88 Å². The van der Waals surface area contributed by atoms with E-state index < -0.39 is 0 Å². The van der Waals surface area contributed by atoms with Gasteiger partial charge in [-0.15, -0.1) is 0 Å². The van der Waals surface area contributed by atoms with Gasteiger partial charge in [-0.2, -0.15) is 0 Å². The molecule has 3 nitrogen and oxygen atoms in total. The Hall–Kier alpha value is -1.38. The zero-order chi connectivity index (χ0) is 8.97. The van der Waals surface area contributed by atoms with E-state index in [-0.39, 0.29) is 5.78 Å². The lowest BCUT2D eigenvalue weighted by Gasteiger charge is -2.00. The van der Waals surface area contributed by atoms with Crippen molar-refractivity contribution in [2.24, 2.45) is 0 Å². The number of aromatic nitrogens is 1. The molecule has 0 amide bonds. The molecule has 0 aliphatic carbocycles. The summed E-state index contributed by atoms with van der Waals surface area (Å²) in [5.41, 5.74) is 0.752. The second-order valence-corrected chi connectivity index (χ2v) is 2.55. The van der Waals surface area contributed by atoms with Gasteiger partial charge in [0.2, 0.25) is 5.88 Å². The van der Waals surface area contributed by atoms with Crippen LogP contribution in [0.3, 0.4) is 0 Å². The van der Waals surface area contributed by atoms with E-state index in [9.17, 15) is 4.79 Å². The van der Waals surface area contributed by atoms with Gasteiger partial charge in [0, 0.05) is 12.5 Å². The summed E-state index contributed by atoms with van der Waals surface area (Å²) in [4.78, 5) is 14.8. The molecule has 0 spiro atoms. The predicted octanol–water partition coefficient (Wildman–Crippen LogP) is 1.22. The van der Waals surface area contributed by atoms with Crippen molar-refractivity contribution in [2.75, 3.05) is 7.11 Å². The highest BCUT2D eigenvalue weighted by atomic mass is 16.5. The summed E-state index contributed by atoms with van der Waals surface area (Å²) in [6, 6.07) is 5.39. The first kappa shape index (κ1) is 8.71. The number of nitrogens with zero attached hydrogens (tertiary/aromatic N) is 1. The summed E-state index contributed by atoms with van der Waals surface area (Å²) in [5.74, 6) is 0.657. The van der Waals surface area contributed by atoms with E-state index in [2.05, 4.69) is 4.98 Å². The Morgan fingerprint density at radius 2 is 2.33 bits per heavy atom. The Morgan fingerprint density at radius 3 is 2.92 bits per heavy atom. The summed E-state index contributed by atoms with van der Waals surface area (Å²) in [6.07, 6.45) is 0.372. The normalized spacial score (nSPS) is 9.50. The molecule has 0 aliphatic rings. The smallest absolute Gasteiger partial charge is 0.213 e. The van der Waals surface area contributed by atoms with E-state index in [0.717, 1.165) is 5.69 Å². The minimum absolute atomic E-state index is 0.107. The van der Waals surface area contributed by atoms with Crippen molar-refractivity contribution in [3.63, 3.8) is 0 Å². The first-order chi connectivity index (χ1) is 5.72. The van der Waals surface area contributed by atoms with Crippen LogP contribution < -0.4 is 4.74 Å². The largest absolute Gasteiger partial charge is 0.481 e. The number of hydrogen-bond donors (Lipinski definition) is 0. The molecule has 0 fully saturated rings. The van der Waals surface area contributed by atoms with E-state index in [1.165, 1.54) is 0 Å². The standard InChI is InChI=1S/C9H11NO2/c1-7(11)6-8-4-3-5-9(10-8)12-2/h3-5H,6H2,1-2H3. The maximum Gasteiger partial charge on any atom is 0.213 e. The van der Waals surface area contributed by atoms with Gasteiger partial charge >= 0.3 is 0 Å². The fourth-order valence-electron chi connectivity index (χ4n) is 0.925. The number of carbonyl (C=O) groups excluding carboxylic acids is 1. The molecule has 0 atom stereocenters. The molecule has 0 saturated heterocycles. The van der Waals surface area contributed by atoms with Crippen LogP contribution in [-0.2, 0) is 11.2 Å². The van der Waals surface area contributed by atoms with Crippen LogP contribution >= 0.6 is 0 Å². The molecule has 12 heavy (non-hydrogen) atoms. The van der Waals surface area contributed by atoms with Gasteiger partial charge in [-0.1, -0.05) is 6.07 Å². The van der Waals surface area contributed by atoms with E-state index in [1.807, 2.05) is 12.1 Å². The Bertz CT molecular complexity index is 284. The maximum absolute atomic E-state index is 10.7. The first-order valence-electron chi connectivity index (χ1n) is 3.71. The van der Waals surface area contributed by atoms with Crippen molar-refractivity contribution in [1.29, 1.82) is 0 Å². The molecular formula is C9H11NO2. The molecule has 0 N–H and O–H groups in total. The summed E-state index contributed by atoms with van der Waals surface area (Å²) in [5, 5.41) is 0. The molecular weight excluding hydrogens is 154 g/mol. The molecule has 3 heteroatoms. The second-order valence-electron chi connectivity index (χ2n) is 2.55. The lowest BCUT2D eigenvalue weighted by Crippen LogP contribution is -1.99. The second kappa shape index (κ2) is 3.85. The number of methoxy groups -OCH3 is 1. The van der Waals surface area contributed by atoms with Crippen LogP contribution in [0.4, 0.5) is 0 Å². The van der Waals surface area contributed by atoms with Crippen molar-refractivity contribution in [3.05, 3.63) is 23.9 Å². The Kier molecular flexibility index (Phi) is 2.80. The van der Waals surface area contributed by atoms with Crippen molar-refractivity contribution < 1.29 is 9.53 Å². The topological polar surface area (TPSA) is 39.2 Å². The van der Waals surface area contributed by atoms with Gasteiger partial charge in [0.1, 0.15) is 5.78 Å². The number of carbonyl (C=O) groups is 1. The minimum Gasteiger partial charge on any atom is -0.481 e. The predicted molar refractivity (Wildman–Crippen MR) is 45.2 cm³/mol. The summed E-state index contributed by atoms with van der Waals surface area (Å²) < 4.78 is 4.91. The maximum atomic E-state index is 10.7. The van der Waals surface area contributed by atoms with Crippen LogP contribution in [0.15, 0.2) is 18.2 Å². The minimum atomic E-state index is 0.107. The lowest BCUT2D eigenvalue weighted by molar-refractivity contribution is -0.116. The number of Topliss-reactive ketones (excluding diaryl/α,β-unsaturated/α-hetero) is 1. The highest BCUT2D eigenvalue weighted by Crippen LogP contribution is 2.06. The van der Waals surface area contributed by atoms with Gasteiger partial charge in [0.15, 0.2) is 0 Å². The third-order valence-corrected chi connectivity index (χ3v) is 1.42. The van der Waals surface area contributed by atoms with Gasteiger partial charge in [-0.05, 0) is 13.0 Å². The van der Waals surface area contributed by atoms with Crippen LogP contribution in [0.2, 0.25) is 0 Å². The van der Waals surface area contributed by atoms with Gasteiger partial charge in [-0.3, -0.25) is 4.79 Å². The summed E-state index contributed by atoms with van der Waals surface area (Å²) >= 11 is 0. The van der Waals surface area contributed by atoms with Crippen LogP contribution in [0.5, 0.6) is 5.88 Å². The highest BCUT2D eigenvalue weighted by molar-refractivity contribution is 5.77. The van der Waals surface area contributed by atoms with Crippen LogP contribution in [0.25, 0.3) is 0 Å². The van der Waals surface area contributed by atoms with E-state index in [1.54, 1.807) is 20.1 Å². The third kappa shape index (κ3) is 2.34. The zero-order valence-electron chi connectivity index (χ0n) is 7.20. The lowest BCUT2D eigenvalue weighted by atomic mass is 10.2. The van der Waals surface area contributed by atoms with Gasteiger partial charge < -0.3 is 4.74 Å². The first-order valence-corrected chi connectivity index (χ1v) is 3.71. The van der Waals surface area contributed by atoms with Crippen LogP contribution in [-0.4, -0.2) is 17.9 Å². The van der Waals surface area contributed by atoms with Crippen molar-refractivity contribution >= 4 is 5.78 Å². The number of ketones is 1. The number of ether oxygens (including phenoxy) is 1. The fourth-order valence-corrected chi connectivity index (χ4v) is 0.925. The number of pyridine rings is 1. The zero-order valence-corrected chi connectivity index (χ0v) is 7.20. The highest BCUT2D eigenvalue weighted by Gasteiger charge is 1.99. The van der Waals surface area contributed by atoms with E-state index >= 15 is 0 Å². The van der Waals surface area contributed by atoms with Crippen LogP contribution in [0.1, 0.15) is 12.6 Å². The molecule has 0 bridgehead atoms. The summed E-state index contributed by atoms with van der Waals surface area (Å²) in [6.45, 7) is 1.54. The Balaban J connectivity index is 2.79. The van der Waals surface area contributed by atoms with Gasteiger partial charge in [0.05, 0.1) is 12.8 Å². The molecule has 64 valence electrons. The van der Waals surface area contributed by atoms with E-state index in [0.29, 0.717) is 12.3 Å². The molecule has 0 saturated carbocycles. The SMILES string of the molecule is COc1cccc(CC(C)=O)n1. The van der Waals surface area contributed by atoms with Crippen molar-refractivity contribution in [2.45, 2.75) is 13.3 Å². The quantitative estimate of drug-likeness (QED) is 0.676. The average molecular weight is 165 g/mol.